The van der Waals surface area contributed by atoms with Crippen LogP contribution in [0.3, 0.4) is 0 Å². The maximum atomic E-state index is 12.6. The van der Waals surface area contributed by atoms with E-state index < -0.39 is 0 Å². The number of hydrogen-bond donors (Lipinski definition) is 1. The molecule has 3 rings (SSSR count). The van der Waals surface area contributed by atoms with Gasteiger partial charge >= 0.3 is 0 Å². The number of fused-ring (bicyclic) bond motifs is 1. The van der Waals surface area contributed by atoms with Gasteiger partial charge in [-0.1, -0.05) is 30.3 Å². The molecule has 0 aromatic heterocycles. The first kappa shape index (κ1) is 16.7. The average molecular weight is 323 g/mol. The van der Waals surface area contributed by atoms with Gasteiger partial charge in [0, 0.05) is 32.2 Å². The standard InChI is InChI=1S/C20H25N3O/c1-22-13-18-8-5-16(11-19(18)14-22)12-23(2)20(24)17-6-3-15(4-7-17)9-10-21/h3-8,11H,9-10,12-14,21H2,1-2H3. The minimum Gasteiger partial charge on any atom is -0.337 e. The zero-order valence-electron chi connectivity index (χ0n) is 14.5. The van der Waals surface area contributed by atoms with Crippen LogP contribution >= 0.6 is 0 Å². The third-order valence-corrected chi connectivity index (χ3v) is 4.55. The zero-order valence-corrected chi connectivity index (χ0v) is 14.5. The number of carbonyl (C=O) groups is 1. The summed E-state index contributed by atoms with van der Waals surface area (Å²) in [4.78, 5) is 16.7. The third-order valence-electron chi connectivity index (χ3n) is 4.55. The smallest absolute Gasteiger partial charge is 0.253 e. The molecule has 24 heavy (non-hydrogen) atoms. The normalized spacial score (nSPS) is 13.8. The summed E-state index contributed by atoms with van der Waals surface area (Å²) in [6.45, 7) is 3.25. The first-order valence-corrected chi connectivity index (χ1v) is 8.40. The Kier molecular flexibility index (Phi) is 4.97. The van der Waals surface area contributed by atoms with Crippen LogP contribution in [-0.4, -0.2) is 36.3 Å². The molecule has 1 amide bonds. The summed E-state index contributed by atoms with van der Waals surface area (Å²) in [5.41, 5.74) is 11.4. The van der Waals surface area contributed by atoms with Crippen molar-refractivity contribution in [1.29, 1.82) is 0 Å². The molecule has 0 bridgehead atoms. The number of hydrogen-bond acceptors (Lipinski definition) is 3. The van der Waals surface area contributed by atoms with Gasteiger partial charge in [0.25, 0.3) is 5.91 Å². The molecule has 0 fully saturated rings. The van der Waals surface area contributed by atoms with E-state index in [1.807, 2.05) is 31.3 Å². The topological polar surface area (TPSA) is 49.6 Å². The van der Waals surface area contributed by atoms with Crippen LogP contribution in [0.5, 0.6) is 0 Å². The van der Waals surface area contributed by atoms with Crippen molar-refractivity contribution in [2.75, 3.05) is 20.6 Å². The summed E-state index contributed by atoms with van der Waals surface area (Å²) in [6.07, 6.45) is 0.841. The fourth-order valence-electron chi connectivity index (χ4n) is 3.26. The van der Waals surface area contributed by atoms with Gasteiger partial charge in [0.05, 0.1) is 0 Å². The highest BCUT2D eigenvalue weighted by atomic mass is 16.2. The van der Waals surface area contributed by atoms with Crippen molar-refractivity contribution < 1.29 is 4.79 Å². The molecule has 2 aromatic carbocycles. The Morgan fingerprint density at radius 1 is 1.08 bits per heavy atom. The van der Waals surface area contributed by atoms with Crippen LogP contribution in [0, 0.1) is 0 Å². The molecule has 1 heterocycles. The van der Waals surface area contributed by atoms with Gasteiger partial charge in [-0.2, -0.15) is 0 Å². The van der Waals surface area contributed by atoms with Gasteiger partial charge in [0.15, 0.2) is 0 Å². The van der Waals surface area contributed by atoms with Crippen LogP contribution in [0.15, 0.2) is 42.5 Å². The molecular weight excluding hydrogens is 298 g/mol. The van der Waals surface area contributed by atoms with E-state index in [0.717, 1.165) is 25.1 Å². The molecule has 4 nitrogen and oxygen atoms in total. The van der Waals surface area contributed by atoms with E-state index in [1.54, 1.807) is 4.90 Å². The predicted molar refractivity (Wildman–Crippen MR) is 96.6 cm³/mol. The second kappa shape index (κ2) is 7.16. The van der Waals surface area contributed by atoms with Crippen LogP contribution in [0.4, 0.5) is 0 Å². The Balaban J connectivity index is 1.67. The maximum absolute atomic E-state index is 12.6. The van der Waals surface area contributed by atoms with E-state index in [0.29, 0.717) is 13.1 Å². The Labute approximate surface area is 143 Å². The Morgan fingerprint density at radius 3 is 2.46 bits per heavy atom. The minimum atomic E-state index is 0.0481. The summed E-state index contributed by atoms with van der Waals surface area (Å²) >= 11 is 0. The third kappa shape index (κ3) is 3.66. The van der Waals surface area contributed by atoms with Gasteiger partial charge in [-0.25, -0.2) is 0 Å². The predicted octanol–water partition coefficient (Wildman–Crippen LogP) is 2.41. The summed E-state index contributed by atoms with van der Waals surface area (Å²) in [7, 11) is 3.99. The van der Waals surface area contributed by atoms with Crippen molar-refractivity contribution in [3.8, 4) is 0 Å². The van der Waals surface area contributed by atoms with E-state index >= 15 is 0 Å². The lowest BCUT2D eigenvalue weighted by atomic mass is 10.1. The van der Waals surface area contributed by atoms with Crippen molar-refractivity contribution in [1.82, 2.24) is 9.80 Å². The van der Waals surface area contributed by atoms with Crippen LogP contribution in [0.2, 0.25) is 0 Å². The zero-order chi connectivity index (χ0) is 17.1. The summed E-state index contributed by atoms with van der Waals surface area (Å²) in [5, 5.41) is 0. The molecule has 0 atom stereocenters. The Hall–Kier alpha value is -2.17. The second-order valence-corrected chi connectivity index (χ2v) is 6.67. The molecule has 2 N–H and O–H groups in total. The van der Waals surface area contributed by atoms with Crippen molar-refractivity contribution in [2.45, 2.75) is 26.1 Å². The van der Waals surface area contributed by atoms with Crippen molar-refractivity contribution in [3.63, 3.8) is 0 Å². The van der Waals surface area contributed by atoms with Gasteiger partial charge in [-0.15, -0.1) is 0 Å². The number of rotatable bonds is 5. The highest BCUT2D eigenvalue weighted by molar-refractivity contribution is 5.94. The second-order valence-electron chi connectivity index (χ2n) is 6.67. The van der Waals surface area contributed by atoms with E-state index in [4.69, 9.17) is 5.73 Å². The molecule has 0 saturated heterocycles. The molecule has 0 aliphatic carbocycles. The first-order chi connectivity index (χ1) is 11.6. The molecular formula is C20H25N3O. The Morgan fingerprint density at radius 2 is 1.75 bits per heavy atom. The van der Waals surface area contributed by atoms with Crippen molar-refractivity contribution >= 4 is 5.91 Å². The van der Waals surface area contributed by atoms with Crippen LogP contribution < -0.4 is 5.73 Å². The quantitative estimate of drug-likeness (QED) is 0.919. The van der Waals surface area contributed by atoms with Gasteiger partial charge in [0.2, 0.25) is 0 Å². The molecule has 1 aliphatic heterocycles. The molecule has 4 heteroatoms. The SMILES string of the molecule is CN1Cc2ccc(CN(C)C(=O)c3ccc(CCN)cc3)cc2C1. The van der Waals surface area contributed by atoms with Crippen molar-refractivity contribution in [2.24, 2.45) is 5.73 Å². The number of carbonyl (C=O) groups excluding carboxylic acids is 1. The largest absolute Gasteiger partial charge is 0.337 e. The van der Waals surface area contributed by atoms with E-state index in [9.17, 15) is 4.79 Å². The molecule has 2 aromatic rings. The molecule has 1 aliphatic rings. The van der Waals surface area contributed by atoms with Crippen LogP contribution in [-0.2, 0) is 26.1 Å². The summed E-state index contributed by atoms with van der Waals surface area (Å²) in [5.74, 6) is 0.0481. The van der Waals surface area contributed by atoms with Gasteiger partial charge < -0.3 is 10.6 Å². The maximum Gasteiger partial charge on any atom is 0.253 e. The highest BCUT2D eigenvalue weighted by Crippen LogP contribution is 2.23. The number of nitrogens with zero attached hydrogens (tertiary/aromatic N) is 2. The van der Waals surface area contributed by atoms with E-state index in [2.05, 4.69) is 30.1 Å². The molecule has 126 valence electrons. The fraction of sp³-hybridized carbons (Fsp3) is 0.350. The Bertz CT molecular complexity index is 724. The van der Waals surface area contributed by atoms with Gasteiger partial charge in [-0.3, -0.25) is 9.69 Å². The summed E-state index contributed by atoms with van der Waals surface area (Å²) in [6, 6.07) is 14.3. The van der Waals surface area contributed by atoms with Gasteiger partial charge in [-0.05, 0) is 54.4 Å². The highest BCUT2D eigenvalue weighted by Gasteiger charge is 2.17. The monoisotopic (exact) mass is 323 g/mol. The van der Waals surface area contributed by atoms with Gasteiger partial charge in [0.1, 0.15) is 0 Å². The lowest BCUT2D eigenvalue weighted by molar-refractivity contribution is 0.0785. The number of benzene rings is 2. The van der Waals surface area contributed by atoms with E-state index in [-0.39, 0.29) is 5.91 Å². The molecule has 0 spiro atoms. The first-order valence-electron chi connectivity index (χ1n) is 8.40. The average Bonchev–Trinajstić information content (AvgIpc) is 2.94. The summed E-state index contributed by atoms with van der Waals surface area (Å²) < 4.78 is 0. The fourth-order valence-corrected chi connectivity index (χ4v) is 3.26. The van der Waals surface area contributed by atoms with Crippen LogP contribution in [0.1, 0.15) is 32.6 Å². The number of nitrogens with two attached hydrogens (primary N) is 1. The lowest BCUT2D eigenvalue weighted by Crippen LogP contribution is -2.26. The lowest BCUT2D eigenvalue weighted by Gasteiger charge is -2.18. The van der Waals surface area contributed by atoms with E-state index in [1.165, 1.54) is 22.3 Å². The molecule has 0 radical (unpaired) electrons. The van der Waals surface area contributed by atoms with Crippen molar-refractivity contribution in [3.05, 3.63) is 70.3 Å². The molecule has 0 saturated carbocycles. The molecule has 0 unspecified atom stereocenters. The van der Waals surface area contributed by atoms with Crippen LogP contribution in [0.25, 0.3) is 0 Å². The number of amides is 1. The minimum absolute atomic E-state index is 0.0481.